The second kappa shape index (κ2) is 5.05. The second-order valence-corrected chi connectivity index (χ2v) is 4.97. The van der Waals surface area contributed by atoms with Gasteiger partial charge in [0.1, 0.15) is 5.69 Å². The van der Waals surface area contributed by atoms with Gasteiger partial charge in [0, 0.05) is 16.3 Å². The van der Waals surface area contributed by atoms with Gasteiger partial charge in [-0.2, -0.15) is 0 Å². The summed E-state index contributed by atoms with van der Waals surface area (Å²) >= 11 is 2.00. The number of hydrogen-bond donors (Lipinski definition) is 1. The fourth-order valence-electron chi connectivity index (χ4n) is 1.62. The highest BCUT2D eigenvalue weighted by Gasteiger charge is 2.12. The van der Waals surface area contributed by atoms with Crippen molar-refractivity contribution in [3.05, 3.63) is 56.9 Å². The number of carbonyl (C=O) groups is 1. The van der Waals surface area contributed by atoms with Gasteiger partial charge < -0.3 is 9.67 Å². The van der Waals surface area contributed by atoms with Crippen molar-refractivity contribution in [2.45, 2.75) is 6.54 Å². The number of carboxylic acid groups (broad SMARTS) is 1. The van der Waals surface area contributed by atoms with Gasteiger partial charge in [0.2, 0.25) is 0 Å². The van der Waals surface area contributed by atoms with Crippen LogP contribution in [0.2, 0.25) is 0 Å². The summed E-state index contributed by atoms with van der Waals surface area (Å²) in [6.45, 7) is 0.182. The van der Waals surface area contributed by atoms with E-state index >= 15 is 0 Å². The Bertz CT molecular complexity index is 610. The van der Waals surface area contributed by atoms with Gasteiger partial charge in [0.15, 0.2) is 11.6 Å². The van der Waals surface area contributed by atoms with Gasteiger partial charge in [-0.05, 0) is 46.4 Å². The van der Waals surface area contributed by atoms with Crippen molar-refractivity contribution in [1.82, 2.24) is 4.57 Å². The first-order valence-electron chi connectivity index (χ1n) is 5.00. The maximum Gasteiger partial charge on any atom is 0.352 e. The van der Waals surface area contributed by atoms with Crippen LogP contribution in [-0.2, 0) is 6.54 Å². The lowest BCUT2D eigenvalue weighted by molar-refractivity contribution is 0.0685. The van der Waals surface area contributed by atoms with Crippen LogP contribution in [0.5, 0.6) is 0 Å². The zero-order valence-corrected chi connectivity index (χ0v) is 11.2. The summed E-state index contributed by atoms with van der Waals surface area (Å²) in [5.41, 5.74) is 0.618. The van der Waals surface area contributed by atoms with E-state index in [0.29, 0.717) is 5.56 Å². The van der Waals surface area contributed by atoms with E-state index in [1.165, 1.54) is 16.7 Å². The number of benzene rings is 1. The smallest absolute Gasteiger partial charge is 0.352 e. The van der Waals surface area contributed by atoms with Crippen molar-refractivity contribution in [3.63, 3.8) is 0 Å². The zero-order valence-electron chi connectivity index (χ0n) is 9.03. The third-order valence-electron chi connectivity index (χ3n) is 2.42. The molecule has 6 heteroatoms. The normalized spacial score (nSPS) is 10.6. The first-order chi connectivity index (χ1) is 8.47. The molecule has 94 valence electrons. The van der Waals surface area contributed by atoms with Crippen molar-refractivity contribution < 1.29 is 18.7 Å². The minimum atomic E-state index is -1.06. The molecular formula is C12H8F2INO2. The molecule has 2 rings (SSSR count). The lowest BCUT2D eigenvalue weighted by atomic mass is 10.2. The van der Waals surface area contributed by atoms with Crippen molar-refractivity contribution in [2.75, 3.05) is 0 Å². The van der Waals surface area contributed by atoms with E-state index in [1.54, 1.807) is 6.20 Å². The van der Waals surface area contributed by atoms with E-state index in [9.17, 15) is 13.6 Å². The number of nitrogens with zero attached hydrogens (tertiary/aromatic N) is 1. The molecule has 0 saturated heterocycles. The fraction of sp³-hybridized carbons (Fsp3) is 0.0833. The van der Waals surface area contributed by atoms with Gasteiger partial charge in [-0.25, -0.2) is 13.6 Å². The number of halogens is 3. The van der Waals surface area contributed by atoms with Gasteiger partial charge >= 0.3 is 5.97 Å². The third kappa shape index (κ3) is 2.69. The highest BCUT2D eigenvalue weighted by molar-refractivity contribution is 14.1. The Kier molecular flexibility index (Phi) is 3.65. The van der Waals surface area contributed by atoms with E-state index < -0.39 is 17.6 Å². The Labute approximate surface area is 115 Å². The molecule has 0 aliphatic rings. The van der Waals surface area contributed by atoms with Crippen LogP contribution in [0.1, 0.15) is 16.1 Å². The van der Waals surface area contributed by atoms with Gasteiger partial charge in [-0.15, -0.1) is 0 Å². The summed E-state index contributed by atoms with van der Waals surface area (Å²) in [5.74, 6) is -2.91. The van der Waals surface area contributed by atoms with Crippen LogP contribution in [0.4, 0.5) is 8.78 Å². The molecule has 1 aromatic carbocycles. The molecule has 1 heterocycles. The van der Waals surface area contributed by atoms with Crippen molar-refractivity contribution in [2.24, 2.45) is 0 Å². The summed E-state index contributed by atoms with van der Waals surface area (Å²) < 4.78 is 28.1. The Morgan fingerprint density at radius 3 is 2.61 bits per heavy atom. The molecule has 0 aliphatic heterocycles. The van der Waals surface area contributed by atoms with Crippen LogP contribution in [0, 0.1) is 15.2 Å². The molecule has 0 radical (unpaired) electrons. The van der Waals surface area contributed by atoms with E-state index in [-0.39, 0.29) is 12.2 Å². The summed E-state index contributed by atoms with van der Waals surface area (Å²) in [4.78, 5) is 11.0. The highest BCUT2D eigenvalue weighted by Crippen LogP contribution is 2.15. The summed E-state index contributed by atoms with van der Waals surface area (Å²) in [6, 6.07) is 5.03. The number of aromatic carboxylic acids is 1. The summed E-state index contributed by atoms with van der Waals surface area (Å²) in [6.07, 6.45) is 1.64. The molecule has 0 spiro atoms. The van der Waals surface area contributed by atoms with Gasteiger partial charge in [0.05, 0.1) is 0 Å². The first kappa shape index (κ1) is 13.0. The molecule has 0 unspecified atom stereocenters. The maximum atomic E-state index is 13.0. The van der Waals surface area contributed by atoms with Crippen molar-refractivity contribution in [1.29, 1.82) is 0 Å². The zero-order chi connectivity index (χ0) is 13.3. The van der Waals surface area contributed by atoms with E-state index in [4.69, 9.17) is 5.11 Å². The average Bonchev–Trinajstić information content (AvgIpc) is 2.65. The predicted molar refractivity (Wildman–Crippen MR) is 69.6 cm³/mol. The minimum Gasteiger partial charge on any atom is -0.477 e. The first-order valence-corrected chi connectivity index (χ1v) is 6.08. The Morgan fingerprint density at radius 1 is 1.28 bits per heavy atom. The Hall–Kier alpha value is -1.44. The largest absolute Gasteiger partial charge is 0.477 e. The second-order valence-electron chi connectivity index (χ2n) is 3.73. The number of aromatic nitrogens is 1. The van der Waals surface area contributed by atoms with Crippen LogP contribution >= 0.6 is 22.6 Å². The van der Waals surface area contributed by atoms with Crippen molar-refractivity contribution >= 4 is 28.6 Å². The molecule has 0 saturated carbocycles. The maximum absolute atomic E-state index is 13.0. The average molecular weight is 363 g/mol. The highest BCUT2D eigenvalue weighted by atomic mass is 127. The molecule has 0 fully saturated rings. The van der Waals surface area contributed by atoms with Gasteiger partial charge in [-0.1, -0.05) is 6.07 Å². The minimum absolute atomic E-state index is 0.115. The third-order valence-corrected chi connectivity index (χ3v) is 3.01. The van der Waals surface area contributed by atoms with Crippen LogP contribution < -0.4 is 0 Å². The molecule has 0 atom stereocenters. The standard InChI is InChI=1S/C12H8F2INO2/c13-9-2-1-7(3-10(9)14)5-16-6-8(15)4-11(16)12(17)18/h1-4,6H,5H2,(H,17,18). The van der Waals surface area contributed by atoms with Crippen LogP contribution in [-0.4, -0.2) is 15.6 Å². The fourth-order valence-corrected chi connectivity index (χ4v) is 2.25. The summed E-state index contributed by atoms with van der Waals surface area (Å²) in [7, 11) is 0. The SMILES string of the molecule is O=C(O)c1cc(I)cn1Cc1ccc(F)c(F)c1. The Balaban J connectivity index is 2.33. The molecule has 2 aromatic rings. The topological polar surface area (TPSA) is 42.2 Å². The number of hydrogen-bond acceptors (Lipinski definition) is 1. The monoisotopic (exact) mass is 363 g/mol. The molecule has 0 amide bonds. The molecule has 0 aliphatic carbocycles. The number of rotatable bonds is 3. The van der Waals surface area contributed by atoms with E-state index in [1.807, 2.05) is 22.6 Å². The lowest BCUT2D eigenvalue weighted by Crippen LogP contribution is -2.08. The molecule has 0 bridgehead atoms. The lowest BCUT2D eigenvalue weighted by Gasteiger charge is -2.06. The number of carboxylic acids is 1. The van der Waals surface area contributed by atoms with Crippen molar-refractivity contribution in [3.8, 4) is 0 Å². The van der Waals surface area contributed by atoms with Crippen LogP contribution in [0.25, 0.3) is 0 Å². The van der Waals surface area contributed by atoms with E-state index in [0.717, 1.165) is 15.7 Å². The molecule has 1 aromatic heterocycles. The van der Waals surface area contributed by atoms with Gasteiger partial charge in [-0.3, -0.25) is 0 Å². The van der Waals surface area contributed by atoms with Gasteiger partial charge in [0.25, 0.3) is 0 Å². The molecule has 1 N–H and O–H groups in total. The van der Waals surface area contributed by atoms with Crippen LogP contribution in [0.15, 0.2) is 30.5 Å². The van der Waals surface area contributed by atoms with Crippen LogP contribution in [0.3, 0.4) is 0 Å². The Morgan fingerprint density at radius 2 is 2.00 bits per heavy atom. The predicted octanol–water partition coefficient (Wildman–Crippen LogP) is 3.12. The molecular weight excluding hydrogens is 355 g/mol. The molecule has 3 nitrogen and oxygen atoms in total. The van der Waals surface area contributed by atoms with E-state index in [2.05, 4.69) is 0 Å². The summed E-state index contributed by atoms with van der Waals surface area (Å²) in [5, 5.41) is 9.00. The molecule has 18 heavy (non-hydrogen) atoms. The quantitative estimate of drug-likeness (QED) is 0.852.